The molecule has 2 heterocycles. The Balaban J connectivity index is 1.52. The molecule has 5 nitrogen and oxygen atoms in total. The monoisotopic (exact) mass is 346 g/mol. The first kappa shape index (κ1) is 17.1. The quantitative estimate of drug-likeness (QED) is 0.867. The largest absolute Gasteiger partial charge is 0.376 e. The number of ether oxygens (including phenoxy) is 2. The Morgan fingerprint density at radius 3 is 2.88 bits per heavy atom. The van der Waals surface area contributed by atoms with E-state index in [9.17, 15) is 4.79 Å². The summed E-state index contributed by atoms with van der Waals surface area (Å²) in [6.45, 7) is 5.00. The first-order valence-electron chi connectivity index (χ1n) is 8.18. The number of anilines is 1. The fourth-order valence-electron chi connectivity index (χ4n) is 2.53. The van der Waals surface area contributed by atoms with Crippen LogP contribution in [-0.2, 0) is 14.3 Å². The number of hydrogen-bond acceptors (Lipinski definition) is 5. The van der Waals surface area contributed by atoms with E-state index in [0.717, 1.165) is 41.4 Å². The third-order valence-electron chi connectivity index (χ3n) is 3.94. The first-order chi connectivity index (χ1) is 11.6. The fraction of sp³-hybridized carbons (Fsp3) is 0.444. The third-order valence-corrected chi connectivity index (χ3v) is 4.95. The van der Waals surface area contributed by atoms with Crippen molar-refractivity contribution in [2.45, 2.75) is 38.9 Å². The van der Waals surface area contributed by atoms with E-state index in [4.69, 9.17) is 9.47 Å². The molecule has 0 aliphatic carbocycles. The average molecular weight is 346 g/mol. The van der Waals surface area contributed by atoms with Crippen LogP contribution in [0.2, 0.25) is 0 Å². The zero-order chi connectivity index (χ0) is 16.9. The van der Waals surface area contributed by atoms with Gasteiger partial charge in [-0.3, -0.25) is 4.79 Å². The highest BCUT2D eigenvalue weighted by atomic mass is 32.1. The van der Waals surface area contributed by atoms with Crippen LogP contribution >= 0.6 is 11.3 Å². The third kappa shape index (κ3) is 4.41. The van der Waals surface area contributed by atoms with Crippen LogP contribution in [0.25, 0.3) is 10.6 Å². The lowest BCUT2D eigenvalue weighted by molar-refractivity contribution is -0.128. The lowest BCUT2D eigenvalue weighted by atomic mass is 10.2. The van der Waals surface area contributed by atoms with E-state index in [2.05, 4.69) is 10.3 Å². The Bertz CT molecular complexity index is 678. The van der Waals surface area contributed by atoms with Gasteiger partial charge in [0.2, 0.25) is 0 Å². The number of nitrogens with zero attached hydrogens (tertiary/aromatic N) is 1. The molecule has 3 rings (SSSR count). The minimum Gasteiger partial charge on any atom is -0.376 e. The van der Waals surface area contributed by atoms with Gasteiger partial charge in [0, 0.05) is 28.9 Å². The molecule has 24 heavy (non-hydrogen) atoms. The predicted molar refractivity (Wildman–Crippen MR) is 95.3 cm³/mol. The standard InChI is InChI=1S/C18H22N2O3S/c1-12-11-24-18(19-12)14-5-7-15(8-6-14)20-17(21)13(2)23-10-16-4-3-9-22-16/h5-8,11,13,16H,3-4,9-10H2,1-2H3,(H,20,21)/t13-,16-/m1/s1. The summed E-state index contributed by atoms with van der Waals surface area (Å²) in [4.78, 5) is 16.6. The minimum atomic E-state index is -0.504. The van der Waals surface area contributed by atoms with E-state index >= 15 is 0 Å². The molecule has 2 aromatic rings. The highest BCUT2D eigenvalue weighted by Crippen LogP contribution is 2.25. The number of carbonyl (C=O) groups is 1. The van der Waals surface area contributed by atoms with Gasteiger partial charge in [0.05, 0.1) is 12.7 Å². The molecule has 1 fully saturated rings. The smallest absolute Gasteiger partial charge is 0.253 e. The van der Waals surface area contributed by atoms with Crippen molar-refractivity contribution in [3.8, 4) is 10.6 Å². The van der Waals surface area contributed by atoms with Crippen molar-refractivity contribution in [3.05, 3.63) is 35.3 Å². The van der Waals surface area contributed by atoms with E-state index in [-0.39, 0.29) is 12.0 Å². The maximum absolute atomic E-state index is 12.2. The molecule has 0 radical (unpaired) electrons. The maximum atomic E-state index is 12.2. The minimum absolute atomic E-state index is 0.126. The second kappa shape index (κ2) is 7.88. The van der Waals surface area contributed by atoms with Crippen LogP contribution in [0.3, 0.4) is 0 Å². The van der Waals surface area contributed by atoms with Crippen LogP contribution in [0.5, 0.6) is 0 Å². The molecule has 1 saturated heterocycles. The molecule has 0 saturated carbocycles. The van der Waals surface area contributed by atoms with Crippen molar-refractivity contribution < 1.29 is 14.3 Å². The first-order valence-corrected chi connectivity index (χ1v) is 9.06. The van der Waals surface area contributed by atoms with E-state index in [0.29, 0.717) is 6.61 Å². The van der Waals surface area contributed by atoms with Crippen LogP contribution < -0.4 is 5.32 Å². The number of benzene rings is 1. The molecule has 1 aliphatic rings. The van der Waals surface area contributed by atoms with Crippen molar-refractivity contribution in [1.82, 2.24) is 4.98 Å². The summed E-state index contributed by atoms with van der Waals surface area (Å²) in [6.07, 6.45) is 1.70. The molecule has 1 N–H and O–H groups in total. The molecular formula is C18H22N2O3S. The van der Waals surface area contributed by atoms with Gasteiger partial charge in [0.1, 0.15) is 11.1 Å². The van der Waals surface area contributed by atoms with Gasteiger partial charge in [-0.15, -0.1) is 11.3 Å². The molecule has 1 aliphatic heterocycles. The van der Waals surface area contributed by atoms with Gasteiger partial charge >= 0.3 is 0 Å². The number of carbonyl (C=O) groups excluding carboxylic acids is 1. The highest BCUT2D eigenvalue weighted by molar-refractivity contribution is 7.13. The molecule has 0 unspecified atom stereocenters. The Morgan fingerprint density at radius 2 is 2.25 bits per heavy atom. The fourth-order valence-corrected chi connectivity index (χ4v) is 3.33. The van der Waals surface area contributed by atoms with Crippen LogP contribution in [0.4, 0.5) is 5.69 Å². The van der Waals surface area contributed by atoms with Crippen molar-refractivity contribution in [1.29, 1.82) is 0 Å². The van der Waals surface area contributed by atoms with Gasteiger partial charge in [-0.25, -0.2) is 4.98 Å². The van der Waals surface area contributed by atoms with E-state index in [1.807, 2.05) is 36.6 Å². The molecule has 128 valence electrons. The summed E-state index contributed by atoms with van der Waals surface area (Å²) >= 11 is 1.62. The Morgan fingerprint density at radius 1 is 1.46 bits per heavy atom. The Labute approximate surface area is 146 Å². The SMILES string of the molecule is Cc1csc(-c2ccc(NC(=O)[C@@H](C)OC[C@H]3CCCO3)cc2)n1. The van der Waals surface area contributed by atoms with E-state index in [1.54, 1.807) is 18.3 Å². The number of amides is 1. The van der Waals surface area contributed by atoms with Crippen molar-refractivity contribution in [2.24, 2.45) is 0 Å². The van der Waals surface area contributed by atoms with Crippen molar-refractivity contribution in [2.75, 3.05) is 18.5 Å². The van der Waals surface area contributed by atoms with Crippen molar-refractivity contribution in [3.63, 3.8) is 0 Å². The van der Waals surface area contributed by atoms with Gasteiger partial charge in [-0.05, 0) is 51.0 Å². The van der Waals surface area contributed by atoms with Crippen LogP contribution in [-0.4, -0.2) is 36.3 Å². The number of thiazole rings is 1. The topological polar surface area (TPSA) is 60.5 Å². The average Bonchev–Trinajstić information content (AvgIpc) is 3.25. The van der Waals surface area contributed by atoms with E-state index in [1.165, 1.54) is 0 Å². The lowest BCUT2D eigenvalue weighted by Gasteiger charge is -2.16. The number of hydrogen-bond donors (Lipinski definition) is 1. The summed E-state index contributed by atoms with van der Waals surface area (Å²) in [6, 6.07) is 7.70. The van der Waals surface area contributed by atoms with Crippen molar-refractivity contribution >= 4 is 22.9 Å². The summed E-state index contributed by atoms with van der Waals surface area (Å²) < 4.78 is 11.1. The predicted octanol–water partition coefficient (Wildman–Crippen LogP) is 3.64. The van der Waals surface area contributed by atoms with Gasteiger partial charge in [0.25, 0.3) is 5.91 Å². The summed E-state index contributed by atoms with van der Waals surface area (Å²) in [7, 11) is 0. The second-order valence-corrected chi connectivity index (χ2v) is 6.83. The summed E-state index contributed by atoms with van der Waals surface area (Å²) in [5, 5.41) is 5.89. The van der Waals surface area contributed by atoms with Crippen LogP contribution in [0.1, 0.15) is 25.5 Å². The van der Waals surface area contributed by atoms with E-state index < -0.39 is 6.10 Å². The van der Waals surface area contributed by atoms with Gasteiger partial charge in [0.15, 0.2) is 0 Å². The van der Waals surface area contributed by atoms with Crippen LogP contribution in [0.15, 0.2) is 29.6 Å². The summed E-state index contributed by atoms with van der Waals surface area (Å²) in [5.41, 5.74) is 2.82. The van der Waals surface area contributed by atoms with Gasteiger partial charge < -0.3 is 14.8 Å². The van der Waals surface area contributed by atoms with Crippen LogP contribution in [0, 0.1) is 6.92 Å². The molecule has 1 aromatic carbocycles. The highest BCUT2D eigenvalue weighted by Gasteiger charge is 2.20. The number of rotatable bonds is 6. The van der Waals surface area contributed by atoms with Gasteiger partial charge in [-0.1, -0.05) is 0 Å². The molecule has 1 aromatic heterocycles. The lowest BCUT2D eigenvalue weighted by Crippen LogP contribution is -2.30. The molecular weight excluding hydrogens is 324 g/mol. The Hall–Kier alpha value is -1.76. The normalized spacial score (nSPS) is 18.5. The molecule has 1 amide bonds. The zero-order valence-corrected chi connectivity index (χ0v) is 14.8. The molecule has 0 spiro atoms. The molecule has 2 atom stereocenters. The molecule has 0 bridgehead atoms. The van der Waals surface area contributed by atoms with Gasteiger partial charge in [-0.2, -0.15) is 0 Å². The maximum Gasteiger partial charge on any atom is 0.253 e. The summed E-state index contributed by atoms with van der Waals surface area (Å²) in [5.74, 6) is -0.147. The number of aryl methyl sites for hydroxylation is 1. The second-order valence-electron chi connectivity index (χ2n) is 5.97. The Kier molecular flexibility index (Phi) is 5.60. The zero-order valence-electron chi connectivity index (χ0n) is 14.0. The number of nitrogens with one attached hydrogen (secondary N) is 1. The number of aromatic nitrogens is 1. The molecule has 6 heteroatoms.